The number of aromatic amines is 1. The van der Waals surface area contributed by atoms with Gasteiger partial charge in [0.2, 0.25) is 0 Å². The van der Waals surface area contributed by atoms with Crippen molar-refractivity contribution in [2.75, 3.05) is 0 Å². The monoisotopic (exact) mass is 341 g/mol. The number of amides is 1. The Morgan fingerprint density at radius 3 is 2.72 bits per heavy atom. The molecule has 0 spiro atoms. The van der Waals surface area contributed by atoms with E-state index in [4.69, 9.17) is 0 Å². The molecule has 1 atom stereocenters. The normalized spacial score (nSPS) is 15.0. The molecular formula is C19H23N3O3. The first-order chi connectivity index (χ1) is 11.9. The molecular weight excluding hydrogens is 318 g/mol. The third-order valence-electron chi connectivity index (χ3n) is 4.57. The molecule has 6 nitrogen and oxygen atoms in total. The fourth-order valence-corrected chi connectivity index (χ4v) is 3.04. The van der Waals surface area contributed by atoms with Crippen molar-refractivity contribution in [1.82, 2.24) is 15.5 Å². The summed E-state index contributed by atoms with van der Waals surface area (Å²) >= 11 is 0. The van der Waals surface area contributed by atoms with Gasteiger partial charge in [-0.05, 0) is 50.3 Å². The van der Waals surface area contributed by atoms with Crippen LogP contribution in [0.2, 0.25) is 0 Å². The number of nitrogens with one attached hydrogen (secondary N) is 2. The molecule has 3 rings (SSSR count). The fourth-order valence-electron chi connectivity index (χ4n) is 3.04. The number of H-pyrrole nitrogens is 1. The Labute approximate surface area is 146 Å². The third-order valence-corrected chi connectivity index (χ3v) is 4.57. The second-order valence-corrected chi connectivity index (χ2v) is 6.89. The Morgan fingerprint density at radius 2 is 2.08 bits per heavy atom. The quantitative estimate of drug-likeness (QED) is 0.721. The van der Waals surface area contributed by atoms with Crippen LogP contribution in [-0.2, 0) is 11.2 Å². The van der Waals surface area contributed by atoms with Crippen LogP contribution in [0, 0.1) is 13.8 Å². The van der Waals surface area contributed by atoms with E-state index >= 15 is 0 Å². The highest BCUT2D eigenvalue weighted by Crippen LogP contribution is 2.38. The summed E-state index contributed by atoms with van der Waals surface area (Å²) in [6.07, 6.45) is 2.60. The van der Waals surface area contributed by atoms with Gasteiger partial charge >= 0.3 is 5.97 Å². The molecule has 1 unspecified atom stereocenters. The lowest BCUT2D eigenvalue weighted by atomic mass is 9.97. The van der Waals surface area contributed by atoms with E-state index in [2.05, 4.69) is 21.6 Å². The smallest absolute Gasteiger partial charge is 0.305 e. The van der Waals surface area contributed by atoms with Crippen molar-refractivity contribution in [2.24, 2.45) is 0 Å². The largest absolute Gasteiger partial charge is 0.481 e. The zero-order valence-corrected chi connectivity index (χ0v) is 14.5. The van der Waals surface area contributed by atoms with Gasteiger partial charge in [0.1, 0.15) is 5.69 Å². The molecule has 25 heavy (non-hydrogen) atoms. The highest BCUT2D eigenvalue weighted by molar-refractivity contribution is 5.92. The Hall–Kier alpha value is -2.63. The van der Waals surface area contributed by atoms with E-state index in [1.807, 2.05) is 26.0 Å². The van der Waals surface area contributed by atoms with Gasteiger partial charge < -0.3 is 10.4 Å². The summed E-state index contributed by atoms with van der Waals surface area (Å²) < 4.78 is 0. The maximum atomic E-state index is 12.4. The summed E-state index contributed by atoms with van der Waals surface area (Å²) in [5.74, 6) is -0.783. The average Bonchev–Trinajstić information content (AvgIpc) is 3.26. The highest BCUT2D eigenvalue weighted by Gasteiger charge is 2.27. The van der Waals surface area contributed by atoms with E-state index in [9.17, 15) is 14.7 Å². The SMILES string of the molecule is Cc1ccc(CC(CC(=O)O)NC(=O)c2cc(C3CC3)[nH]n2)c(C)c1. The lowest BCUT2D eigenvalue weighted by Gasteiger charge is -2.18. The summed E-state index contributed by atoms with van der Waals surface area (Å²) in [6, 6.07) is 7.34. The number of rotatable bonds is 7. The zero-order chi connectivity index (χ0) is 18.0. The summed E-state index contributed by atoms with van der Waals surface area (Å²) in [5.41, 5.74) is 4.59. The number of benzene rings is 1. The van der Waals surface area contributed by atoms with Crippen molar-refractivity contribution >= 4 is 11.9 Å². The molecule has 1 aromatic heterocycles. The number of hydrogen-bond donors (Lipinski definition) is 3. The van der Waals surface area contributed by atoms with Gasteiger partial charge in [0.05, 0.1) is 6.42 Å². The maximum Gasteiger partial charge on any atom is 0.305 e. The number of nitrogens with zero attached hydrogens (tertiary/aromatic N) is 1. The summed E-state index contributed by atoms with van der Waals surface area (Å²) in [6.45, 7) is 4.01. The molecule has 1 heterocycles. The van der Waals surface area contributed by atoms with Gasteiger partial charge in [-0.25, -0.2) is 0 Å². The number of hydrogen-bond acceptors (Lipinski definition) is 3. The summed E-state index contributed by atoms with van der Waals surface area (Å²) in [7, 11) is 0. The first-order valence-corrected chi connectivity index (χ1v) is 8.56. The molecule has 132 valence electrons. The maximum absolute atomic E-state index is 12.4. The predicted octanol–water partition coefficient (Wildman–Crippen LogP) is 2.72. The molecule has 0 saturated heterocycles. The van der Waals surface area contributed by atoms with Crippen molar-refractivity contribution in [3.8, 4) is 0 Å². The average molecular weight is 341 g/mol. The van der Waals surface area contributed by atoms with E-state index in [1.54, 1.807) is 6.07 Å². The molecule has 2 aromatic rings. The Morgan fingerprint density at radius 1 is 1.32 bits per heavy atom. The molecule has 0 radical (unpaired) electrons. The summed E-state index contributed by atoms with van der Waals surface area (Å²) in [4.78, 5) is 23.6. The lowest BCUT2D eigenvalue weighted by molar-refractivity contribution is -0.137. The molecule has 0 aliphatic heterocycles. The molecule has 1 saturated carbocycles. The van der Waals surface area contributed by atoms with Crippen LogP contribution in [0.1, 0.15) is 58.1 Å². The van der Waals surface area contributed by atoms with Crippen LogP contribution in [0.3, 0.4) is 0 Å². The van der Waals surface area contributed by atoms with Crippen molar-refractivity contribution in [1.29, 1.82) is 0 Å². The van der Waals surface area contributed by atoms with Crippen LogP contribution in [0.25, 0.3) is 0 Å². The number of aryl methyl sites for hydroxylation is 2. The fraction of sp³-hybridized carbons (Fsp3) is 0.421. The predicted molar refractivity (Wildman–Crippen MR) is 93.7 cm³/mol. The number of aromatic nitrogens is 2. The van der Waals surface area contributed by atoms with E-state index in [1.165, 1.54) is 0 Å². The molecule has 6 heteroatoms. The standard InChI is InChI=1S/C19H23N3O3/c1-11-3-4-14(12(2)7-11)8-15(9-18(23)24)20-19(25)17-10-16(21-22-17)13-5-6-13/h3-4,7,10,13,15H,5-6,8-9H2,1-2H3,(H,20,25)(H,21,22)(H,23,24). The lowest BCUT2D eigenvalue weighted by Crippen LogP contribution is -2.38. The second kappa shape index (κ2) is 7.09. The van der Waals surface area contributed by atoms with Crippen molar-refractivity contribution in [3.05, 3.63) is 52.3 Å². The van der Waals surface area contributed by atoms with Gasteiger partial charge in [0, 0.05) is 17.7 Å². The van der Waals surface area contributed by atoms with E-state index in [0.29, 0.717) is 18.0 Å². The van der Waals surface area contributed by atoms with E-state index < -0.39 is 12.0 Å². The first-order valence-electron chi connectivity index (χ1n) is 8.56. The van der Waals surface area contributed by atoms with Crippen LogP contribution >= 0.6 is 0 Å². The number of aliphatic carboxylic acids is 1. The zero-order valence-electron chi connectivity index (χ0n) is 14.5. The molecule has 1 aromatic carbocycles. The van der Waals surface area contributed by atoms with Gasteiger partial charge in [-0.1, -0.05) is 23.8 Å². The first kappa shape index (κ1) is 17.2. The van der Waals surface area contributed by atoms with Crippen molar-refractivity contribution in [2.45, 2.75) is 51.5 Å². The molecule has 1 fully saturated rings. The summed E-state index contributed by atoms with van der Waals surface area (Å²) in [5, 5.41) is 19.0. The van der Waals surface area contributed by atoms with Gasteiger partial charge in [0.25, 0.3) is 5.91 Å². The van der Waals surface area contributed by atoms with E-state index in [-0.39, 0.29) is 12.3 Å². The minimum absolute atomic E-state index is 0.126. The van der Waals surface area contributed by atoms with Crippen molar-refractivity contribution < 1.29 is 14.7 Å². The molecule has 1 amide bonds. The molecule has 1 aliphatic carbocycles. The van der Waals surface area contributed by atoms with Crippen LogP contribution in [0.15, 0.2) is 24.3 Å². The number of carboxylic acids is 1. The van der Waals surface area contributed by atoms with Gasteiger partial charge in [0.15, 0.2) is 0 Å². The van der Waals surface area contributed by atoms with Crippen molar-refractivity contribution in [3.63, 3.8) is 0 Å². The molecule has 1 aliphatic rings. The van der Waals surface area contributed by atoms with Gasteiger partial charge in [-0.3, -0.25) is 14.7 Å². The Kier molecular flexibility index (Phi) is 4.88. The van der Waals surface area contributed by atoms with Gasteiger partial charge in [-0.15, -0.1) is 0 Å². The van der Waals surface area contributed by atoms with Crippen LogP contribution < -0.4 is 5.32 Å². The second-order valence-electron chi connectivity index (χ2n) is 6.89. The number of carbonyl (C=O) groups excluding carboxylic acids is 1. The number of carbonyl (C=O) groups is 2. The third kappa shape index (κ3) is 4.47. The van der Waals surface area contributed by atoms with Crippen LogP contribution in [0.5, 0.6) is 0 Å². The minimum atomic E-state index is -0.934. The highest BCUT2D eigenvalue weighted by atomic mass is 16.4. The molecule has 3 N–H and O–H groups in total. The topological polar surface area (TPSA) is 95.1 Å². The Balaban J connectivity index is 1.70. The van der Waals surface area contributed by atoms with E-state index in [0.717, 1.165) is 35.2 Å². The van der Waals surface area contributed by atoms with Crippen LogP contribution in [0.4, 0.5) is 0 Å². The molecule has 0 bridgehead atoms. The number of carboxylic acid groups (broad SMARTS) is 1. The van der Waals surface area contributed by atoms with Gasteiger partial charge in [-0.2, -0.15) is 5.10 Å². The van der Waals surface area contributed by atoms with Crippen LogP contribution in [-0.4, -0.2) is 33.2 Å². The minimum Gasteiger partial charge on any atom is -0.481 e. The Bertz CT molecular complexity index is 793.